The fraction of sp³-hybridized carbons (Fsp3) is 0.333. The first kappa shape index (κ1) is 14.2. The summed E-state index contributed by atoms with van der Waals surface area (Å²) in [5.74, 6) is -1.13. The molecule has 1 aromatic heterocycles. The maximum Gasteiger partial charge on any atom is 0.337 e. The molecular formula is C9H9NO7S. The molecule has 2 unspecified atom stereocenters. The Labute approximate surface area is 105 Å². The molecule has 0 amide bonds. The molecule has 0 aliphatic carbocycles. The van der Waals surface area contributed by atoms with Crippen molar-refractivity contribution in [2.24, 2.45) is 0 Å². The number of esters is 1. The summed E-state index contributed by atoms with van der Waals surface area (Å²) in [7, 11) is 0.997. The smallest absolute Gasteiger partial charge is 0.337 e. The van der Waals surface area contributed by atoms with Crippen molar-refractivity contribution in [2.45, 2.75) is 12.2 Å². The van der Waals surface area contributed by atoms with E-state index in [1.54, 1.807) is 0 Å². The van der Waals surface area contributed by atoms with Crippen LogP contribution in [-0.2, 0) is 9.53 Å². The van der Waals surface area contributed by atoms with Gasteiger partial charge in [-0.2, -0.15) is 0 Å². The number of rotatable bonds is 5. The van der Waals surface area contributed by atoms with E-state index in [2.05, 4.69) is 4.74 Å². The zero-order chi connectivity index (χ0) is 13.9. The van der Waals surface area contributed by atoms with Gasteiger partial charge in [-0.15, -0.1) is 0 Å². The van der Waals surface area contributed by atoms with Crippen LogP contribution in [0.3, 0.4) is 0 Å². The predicted octanol–water partition coefficient (Wildman–Crippen LogP) is 0.0361. The highest BCUT2D eigenvalue weighted by atomic mass is 32.1. The summed E-state index contributed by atoms with van der Waals surface area (Å²) < 4.78 is 4.20. The fourth-order valence-corrected chi connectivity index (χ4v) is 2.08. The molecule has 9 heteroatoms. The Morgan fingerprint density at radius 3 is 2.67 bits per heavy atom. The van der Waals surface area contributed by atoms with Crippen LogP contribution in [0.5, 0.6) is 0 Å². The standard InChI is InChI=1S/C9H9NO7S/c1-17-9(14)7(13)6(12)5-2-4(3-11)18-8(5)10(15)16/h2-3,6-7,12-13H,1H3. The summed E-state index contributed by atoms with van der Waals surface area (Å²) in [5.41, 5.74) is -0.301. The van der Waals surface area contributed by atoms with Crippen molar-refractivity contribution >= 4 is 28.6 Å². The van der Waals surface area contributed by atoms with Crippen LogP contribution in [0.2, 0.25) is 0 Å². The number of hydrogen-bond acceptors (Lipinski definition) is 8. The average Bonchev–Trinajstić information content (AvgIpc) is 2.80. The summed E-state index contributed by atoms with van der Waals surface area (Å²) in [6, 6.07) is 1.05. The first-order valence-corrected chi connectivity index (χ1v) is 5.41. The minimum absolute atomic E-state index is 0.00724. The number of carbonyl (C=O) groups excluding carboxylic acids is 2. The fourth-order valence-electron chi connectivity index (χ4n) is 1.25. The van der Waals surface area contributed by atoms with E-state index in [1.807, 2.05) is 0 Å². The third-order valence-corrected chi connectivity index (χ3v) is 3.13. The van der Waals surface area contributed by atoms with Gasteiger partial charge in [0.25, 0.3) is 0 Å². The number of ether oxygens (including phenoxy) is 1. The molecule has 0 saturated carbocycles. The van der Waals surface area contributed by atoms with Crippen LogP contribution in [0, 0.1) is 10.1 Å². The van der Waals surface area contributed by atoms with Crippen molar-refractivity contribution in [1.82, 2.24) is 0 Å². The zero-order valence-corrected chi connectivity index (χ0v) is 9.92. The van der Waals surface area contributed by atoms with Gasteiger partial charge in [0.15, 0.2) is 12.4 Å². The van der Waals surface area contributed by atoms with Crippen molar-refractivity contribution < 1.29 is 29.5 Å². The minimum atomic E-state index is -1.96. The Hall–Kier alpha value is -1.84. The van der Waals surface area contributed by atoms with Crippen LogP contribution in [0.15, 0.2) is 6.07 Å². The van der Waals surface area contributed by atoms with Gasteiger partial charge in [0, 0.05) is 0 Å². The molecule has 2 N–H and O–H groups in total. The van der Waals surface area contributed by atoms with E-state index in [-0.39, 0.29) is 10.4 Å². The molecule has 8 nitrogen and oxygen atoms in total. The predicted molar refractivity (Wildman–Crippen MR) is 59.3 cm³/mol. The zero-order valence-electron chi connectivity index (χ0n) is 9.10. The van der Waals surface area contributed by atoms with E-state index in [9.17, 15) is 29.9 Å². The van der Waals surface area contributed by atoms with E-state index in [4.69, 9.17) is 0 Å². The van der Waals surface area contributed by atoms with Gasteiger partial charge in [-0.05, 0) is 6.07 Å². The van der Waals surface area contributed by atoms with E-state index in [1.165, 1.54) is 0 Å². The number of aldehydes is 1. The molecule has 1 aromatic rings. The van der Waals surface area contributed by atoms with Crippen molar-refractivity contribution in [1.29, 1.82) is 0 Å². The largest absolute Gasteiger partial charge is 0.467 e. The van der Waals surface area contributed by atoms with Crippen LogP contribution in [0.25, 0.3) is 0 Å². The van der Waals surface area contributed by atoms with Gasteiger partial charge < -0.3 is 14.9 Å². The molecule has 0 aliphatic rings. The first-order chi connectivity index (χ1) is 8.42. The minimum Gasteiger partial charge on any atom is -0.467 e. The lowest BCUT2D eigenvalue weighted by atomic mass is 10.1. The van der Waals surface area contributed by atoms with Crippen LogP contribution in [-0.4, -0.2) is 40.6 Å². The Morgan fingerprint density at radius 1 is 1.61 bits per heavy atom. The molecule has 2 atom stereocenters. The first-order valence-electron chi connectivity index (χ1n) is 4.59. The second-order valence-corrected chi connectivity index (χ2v) is 4.26. The van der Waals surface area contributed by atoms with E-state index in [0.717, 1.165) is 13.2 Å². The number of carbonyl (C=O) groups is 2. The molecule has 0 saturated heterocycles. The van der Waals surface area contributed by atoms with Gasteiger partial charge in [0.05, 0.1) is 22.5 Å². The van der Waals surface area contributed by atoms with Crippen LogP contribution < -0.4 is 0 Å². The quantitative estimate of drug-likeness (QED) is 0.336. The maximum absolute atomic E-state index is 11.0. The molecule has 18 heavy (non-hydrogen) atoms. The third kappa shape index (κ3) is 2.70. The van der Waals surface area contributed by atoms with Crippen molar-refractivity contribution in [2.75, 3.05) is 7.11 Å². The summed E-state index contributed by atoms with van der Waals surface area (Å²) in [4.78, 5) is 31.5. The van der Waals surface area contributed by atoms with Gasteiger partial charge in [0.2, 0.25) is 0 Å². The van der Waals surface area contributed by atoms with Gasteiger partial charge in [-0.1, -0.05) is 11.3 Å². The molecular weight excluding hydrogens is 266 g/mol. The number of thiophene rings is 1. The van der Waals surface area contributed by atoms with Gasteiger partial charge in [-0.3, -0.25) is 14.9 Å². The normalized spacial score (nSPS) is 13.7. The third-order valence-electron chi connectivity index (χ3n) is 2.10. The molecule has 0 spiro atoms. The Bertz CT molecular complexity index is 483. The lowest BCUT2D eigenvalue weighted by Crippen LogP contribution is -2.29. The summed E-state index contributed by atoms with van der Waals surface area (Å²) >= 11 is 0.542. The maximum atomic E-state index is 11.0. The molecule has 98 valence electrons. The number of nitrogens with zero attached hydrogens (tertiary/aromatic N) is 1. The number of hydrogen-bond donors (Lipinski definition) is 2. The molecule has 0 radical (unpaired) electrons. The van der Waals surface area contributed by atoms with E-state index < -0.39 is 28.1 Å². The Morgan fingerprint density at radius 2 is 2.22 bits per heavy atom. The SMILES string of the molecule is COC(=O)C(O)C(O)c1cc(C=O)sc1[N+](=O)[O-]. The topological polar surface area (TPSA) is 127 Å². The summed E-state index contributed by atoms with van der Waals surface area (Å²) in [6.45, 7) is 0. The summed E-state index contributed by atoms with van der Waals surface area (Å²) in [5, 5.41) is 29.3. The summed E-state index contributed by atoms with van der Waals surface area (Å²) in [6.07, 6.45) is -3.41. The van der Waals surface area contributed by atoms with Crippen molar-refractivity contribution in [3.05, 3.63) is 26.6 Å². The van der Waals surface area contributed by atoms with Crippen LogP contribution in [0.4, 0.5) is 5.00 Å². The molecule has 0 fully saturated rings. The number of nitro groups is 1. The highest BCUT2D eigenvalue weighted by Crippen LogP contribution is 2.35. The number of aliphatic hydroxyl groups is 2. The van der Waals surface area contributed by atoms with E-state index in [0.29, 0.717) is 17.6 Å². The lowest BCUT2D eigenvalue weighted by Gasteiger charge is -2.13. The number of aliphatic hydroxyl groups excluding tert-OH is 2. The van der Waals surface area contributed by atoms with Crippen LogP contribution in [0.1, 0.15) is 21.3 Å². The molecule has 1 heterocycles. The Kier molecular flexibility index (Phi) is 4.48. The number of methoxy groups -OCH3 is 1. The van der Waals surface area contributed by atoms with Crippen molar-refractivity contribution in [3.8, 4) is 0 Å². The molecule has 0 aliphatic heterocycles. The van der Waals surface area contributed by atoms with Gasteiger partial charge in [0.1, 0.15) is 6.10 Å². The Balaban J connectivity index is 3.15. The average molecular weight is 275 g/mol. The second kappa shape index (κ2) is 5.67. The van der Waals surface area contributed by atoms with Gasteiger partial charge >= 0.3 is 11.0 Å². The monoisotopic (exact) mass is 275 g/mol. The molecule has 0 aromatic carbocycles. The molecule has 1 rings (SSSR count). The van der Waals surface area contributed by atoms with E-state index >= 15 is 0 Å². The van der Waals surface area contributed by atoms with Crippen molar-refractivity contribution in [3.63, 3.8) is 0 Å². The second-order valence-electron chi connectivity index (χ2n) is 3.20. The highest BCUT2D eigenvalue weighted by molar-refractivity contribution is 7.17. The highest BCUT2D eigenvalue weighted by Gasteiger charge is 2.33. The lowest BCUT2D eigenvalue weighted by molar-refractivity contribution is -0.381. The molecule has 0 bridgehead atoms. The van der Waals surface area contributed by atoms with Crippen LogP contribution >= 0.6 is 11.3 Å². The van der Waals surface area contributed by atoms with Gasteiger partial charge in [-0.25, -0.2) is 4.79 Å².